The molecule has 0 rings (SSSR count). The van der Waals surface area contributed by atoms with Crippen molar-refractivity contribution in [3.05, 3.63) is 24.8 Å². The molecule has 16 nitrogen and oxygen atoms in total. The Morgan fingerprint density at radius 1 is 0.667 bits per heavy atom. The van der Waals surface area contributed by atoms with E-state index in [2.05, 4.69) is 24.8 Å². The summed E-state index contributed by atoms with van der Waals surface area (Å²) >= 11 is 0. The molecule has 0 amide bonds. The molecule has 0 radical (unpaired) electrons. The summed E-state index contributed by atoms with van der Waals surface area (Å²) in [6, 6.07) is 0. The summed E-state index contributed by atoms with van der Waals surface area (Å²) in [6.07, 6.45) is 2.21. The minimum Gasteiger partial charge on any atom is -0.463 e. The van der Waals surface area contributed by atoms with Crippen molar-refractivity contribution in [1.82, 2.24) is 0 Å². The molecule has 0 aromatic carbocycles. The van der Waals surface area contributed by atoms with Crippen LogP contribution in [0.25, 0.3) is 0 Å². The third kappa shape index (κ3) is 30.2. The highest BCUT2D eigenvalue weighted by atomic mass is 16.6. The van der Waals surface area contributed by atoms with Gasteiger partial charge < -0.3 is 48.1 Å². The molecule has 0 aliphatic rings. The first-order chi connectivity index (χ1) is 26.5. The second-order valence-electron chi connectivity index (χ2n) is 14.2. The summed E-state index contributed by atoms with van der Waals surface area (Å²) in [4.78, 5) is 68.2. The molecule has 332 valence electrons. The normalized spacial score (nSPS) is 14.6. The molecule has 0 saturated carbocycles. The van der Waals surface area contributed by atoms with Crippen LogP contribution in [0.5, 0.6) is 0 Å². The zero-order chi connectivity index (χ0) is 44.7. The monoisotopic (exact) mass is 820 g/mol. The Balaban J connectivity index is -0.000000886. The highest BCUT2D eigenvalue weighted by molar-refractivity contribution is 5.87. The standard InChI is InChI=1S/C21H38O8.C14H24O5.C6H10O3/c1-14(12-21(5,6)20(25)27-11-10-22)8-9-18(26-7)13-28-17(4)19(24)29-16(3)15(2)23;1-6-7-8-13(17-5)9-18-12(4)14(16)19-11(3)10(2)15;1-5(2)6(8)9-4-3-7/h14,16-18,22H,8-13H2,1-7H3;6,11-13H,1,7-9H2,2-5H3;7H,1,3-4H2,2H3. The van der Waals surface area contributed by atoms with Gasteiger partial charge in [0.15, 0.2) is 36.0 Å². The van der Waals surface area contributed by atoms with E-state index in [1.54, 1.807) is 41.1 Å². The molecular formula is C41H72O16. The van der Waals surface area contributed by atoms with E-state index in [-0.39, 0.29) is 68.7 Å². The van der Waals surface area contributed by atoms with Gasteiger partial charge in [-0.25, -0.2) is 14.4 Å². The number of allylic oxidation sites excluding steroid dienone is 1. The van der Waals surface area contributed by atoms with Gasteiger partial charge in [-0.05, 0) is 100 Å². The average Bonchev–Trinajstić information content (AvgIpc) is 3.15. The molecule has 57 heavy (non-hydrogen) atoms. The molecule has 0 aliphatic heterocycles. The first-order valence-electron chi connectivity index (χ1n) is 19.1. The molecular weight excluding hydrogens is 748 g/mol. The predicted molar refractivity (Wildman–Crippen MR) is 212 cm³/mol. The number of methoxy groups -OCH3 is 2. The van der Waals surface area contributed by atoms with Gasteiger partial charge in [0.2, 0.25) is 0 Å². The Labute approximate surface area is 339 Å². The molecule has 7 atom stereocenters. The fraction of sp³-hybridized carbons (Fsp3) is 0.756. The smallest absolute Gasteiger partial charge is 0.335 e. The van der Waals surface area contributed by atoms with Crippen molar-refractivity contribution in [2.24, 2.45) is 11.3 Å². The number of carbonyl (C=O) groups excluding carboxylic acids is 6. The van der Waals surface area contributed by atoms with Gasteiger partial charge in [0, 0.05) is 19.8 Å². The summed E-state index contributed by atoms with van der Waals surface area (Å²) in [5.74, 6) is -2.08. The van der Waals surface area contributed by atoms with Crippen molar-refractivity contribution in [3.8, 4) is 0 Å². The highest BCUT2D eigenvalue weighted by Crippen LogP contribution is 2.29. The number of aliphatic hydroxyl groups excluding tert-OH is 2. The third-order valence-electron chi connectivity index (χ3n) is 8.21. The van der Waals surface area contributed by atoms with Crippen molar-refractivity contribution in [1.29, 1.82) is 0 Å². The number of Topliss-reactive ketones (excluding diaryl/α,β-unsaturated/α-hetero) is 2. The van der Waals surface area contributed by atoms with Crippen LogP contribution in [0.15, 0.2) is 24.8 Å². The van der Waals surface area contributed by atoms with Crippen molar-refractivity contribution < 1.29 is 76.9 Å². The number of esters is 4. The van der Waals surface area contributed by atoms with Gasteiger partial charge in [-0.3, -0.25) is 14.4 Å². The molecule has 0 spiro atoms. The average molecular weight is 821 g/mol. The van der Waals surface area contributed by atoms with Crippen LogP contribution in [-0.4, -0.2) is 136 Å². The first kappa shape index (κ1) is 57.8. The maximum Gasteiger partial charge on any atom is 0.335 e. The second-order valence-corrected chi connectivity index (χ2v) is 14.2. The summed E-state index contributed by atoms with van der Waals surface area (Å²) in [6.45, 7) is 23.5. The van der Waals surface area contributed by atoms with Gasteiger partial charge in [0.1, 0.15) is 13.2 Å². The molecule has 0 aromatic heterocycles. The number of ketones is 2. The van der Waals surface area contributed by atoms with Crippen LogP contribution < -0.4 is 0 Å². The van der Waals surface area contributed by atoms with Crippen molar-refractivity contribution in [3.63, 3.8) is 0 Å². The fourth-order valence-corrected chi connectivity index (χ4v) is 4.31. The van der Waals surface area contributed by atoms with Crippen LogP contribution >= 0.6 is 0 Å². The minimum absolute atomic E-state index is 0.00550. The lowest BCUT2D eigenvalue weighted by molar-refractivity contribution is -0.166. The molecule has 0 fully saturated rings. The number of carbonyl (C=O) groups is 6. The van der Waals surface area contributed by atoms with Crippen molar-refractivity contribution >= 4 is 35.4 Å². The maximum atomic E-state index is 12.1. The zero-order valence-corrected chi connectivity index (χ0v) is 36.4. The van der Waals surface area contributed by atoms with E-state index in [1.165, 1.54) is 27.7 Å². The van der Waals surface area contributed by atoms with Crippen LogP contribution in [0, 0.1) is 11.3 Å². The van der Waals surface area contributed by atoms with E-state index < -0.39 is 47.7 Å². The Kier molecular flexibility index (Phi) is 33.9. The van der Waals surface area contributed by atoms with E-state index in [1.807, 2.05) is 13.8 Å². The fourth-order valence-electron chi connectivity index (χ4n) is 4.31. The summed E-state index contributed by atoms with van der Waals surface area (Å²) in [7, 11) is 3.17. The maximum absolute atomic E-state index is 12.1. The number of ether oxygens (including phenoxy) is 8. The Bertz CT molecular complexity index is 1200. The topological polar surface area (TPSA) is 217 Å². The molecule has 0 bridgehead atoms. The Morgan fingerprint density at radius 3 is 1.46 bits per heavy atom. The van der Waals surface area contributed by atoms with Gasteiger partial charge in [0.05, 0.1) is 44.1 Å². The summed E-state index contributed by atoms with van der Waals surface area (Å²) in [5.41, 5.74) is -0.289. The van der Waals surface area contributed by atoms with Gasteiger partial charge in [-0.1, -0.05) is 19.6 Å². The van der Waals surface area contributed by atoms with E-state index >= 15 is 0 Å². The molecule has 2 N–H and O–H groups in total. The van der Waals surface area contributed by atoms with Crippen molar-refractivity contribution in [2.45, 2.75) is 138 Å². The minimum atomic E-state index is -0.799. The molecule has 0 saturated heterocycles. The second kappa shape index (κ2) is 33.4. The number of aliphatic hydroxyl groups is 2. The number of hydrogen-bond acceptors (Lipinski definition) is 16. The van der Waals surface area contributed by atoms with Gasteiger partial charge in [-0.2, -0.15) is 0 Å². The van der Waals surface area contributed by atoms with Gasteiger partial charge >= 0.3 is 23.9 Å². The van der Waals surface area contributed by atoms with Crippen LogP contribution in [0.2, 0.25) is 0 Å². The largest absolute Gasteiger partial charge is 0.463 e. The van der Waals surface area contributed by atoms with Crippen LogP contribution in [0.4, 0.5) is 0 Å². The van der Waals surface area contributed by atoms with E-state index in [0.717, 1.165) is 19.3 Å². The van der Waals surface area contributed by atoms with Crippen molar-refractivity contribution in [2.75, 3.05) is 53.9 Å². The predicted octanol–water partition coefficient (Wildman–Crippen LogP) is 4.29. The van der Waals surface area contributed by atoms with E-state index in [0.29, 0.717) is 25.0 Å². The molecule has 7 unspecified atom stereocenters. The van der Waals surface area contributed by atoms with Gasteiger partial charge in [-0.15, -0.1) is 6.58 Å². The summed E-state index contributed by atoms with van der Waals surface area (Å²) in [5, 5.41) is 17.0. The lowest BCUT2D eigenvalue weighted by Gasteiger charge is -2.27. The van der Waals surface area contributed by atoms with Gasteiger partial charge in [0.25, 0.3) is 0 Å². The summed E-state index contributed by atoms with van der Waals surface area (Å²) < 4.78 is 41.1. The van der Waals surface area contributed by atoms with Crippen LogP contribution in [-0.2, 0) is 66.7 Å². The Morgan fingerprint density at radius 2 is 1.09 bits per heavy atom. The molecule has 0 aliphatic carbocycles. The van der Waals surface area contributed by atoms with E-state index in [4.69, 9.17) is 43.4 Å². The zero-order valence-electron chi connectivity index (χ0n) is 36.4. The molecule has 0 aromatic rings. The van der Waals surface area contributed by atoms with Crippen LogP contribution in [0.3, 0.4) is 0 Å². The lowest BCUT2D eigenvalue weighted by atomic mass is 9.81. The highest BCUT2D eigenvalue weighted by Gasteiger charge is 2.31. The lowest BCUT2D eigenvalue weighted by Crippen LogP contribution is -2.32. The first-order valence-corrected chi connectivity index (χ1v) is 19.1. The molecule has 16 heteroatoms. The SMILES string of the molecule is C=C(C)C(=O)OCCO.C=CCCC(COC(C)C(=O)OC(C)C(C)=O)OC.COC(CCC(C)CC(C)(C)C(=O)OCCO)COC(C)C(=O)OC(C)C(C)=O. The molecule has 0 heterocycles. The quantitative estimate of drug-likeness (QED) is 0.0487. The number of hydrogen-bond donors (Lipinski definition) is 2. The third-order valence-corrected chi connectivity index (χ3v) is 8.21. The van der Waals surface area contributed by atoms with E-state index in [9.17, 15) is 28.8 Å². The Hall–Kier alpha value is -3.54. The van der Waals surface area contributed by atoms with Crippen LogP contribution in [0.1, 0.15) is 101 Å². The number of rotatable bonds is 28.